The molecule has 1 aromatic heterocycles. The summed E-state index contributed by atoms with van der Waals surface area (Å²) in [6.45, 7) is 2.54. The molecule has 2 heterocycles. The molecule has 6 nitrogen and oxygen atoms in total. The van der Waals surface area contributed by atoms with Gasteiger partial charge in [-0.1, -0.05) is 29.8 Å². The highest BCUT2D eigenvalue weighted by Gasteiger charge is 2.28. The highest BCUT2D eigenvalue weighted by atomic mass is 32.2. The molecule has 0 saturated carbocycles. The number of halogens is 1. The topological polar surface area (TPSA) is 83.7 Å². The fraction of sp³-hybridized carbons (Fsp3) is 0.160. The lowest BCUT2D eigenvalue weighted by atomic mass is 10.0. The predicted octanol–water partition coefficient (Wildman–Crippen LogP) is 4.94. The molecule has 0 bridgehead atoms. The van der Waals surface area contributed by atoms with Crippen molar-refractivity contribution in [3.05, 3.63) is 83.3 Å². The smallest absolute Gasteiger partial charge is 0.268 e. The minimum Gasteiger partial charge on any atom is -0.504 e. The Labute approximate surface area is 191 Å². The SMILES string of the molecule is Cc1ccc(S(=O)(=O)n2cc3c4c(cc(N=CCc5ccc(F)cc5)c(O)c42)NCC3)cc1. The average Bonchev–Trinajstić information content (AvgIpc) is 3.21. The maximum absolute atomic E-state index is 13.5. The Morgan fingerprint density at radius 3 is 2.61 bits per heavy atom. The summed E-state index contributed by atoms with van der Waals surface area (Å²) in [5.74, 6) is -0.509. The summed E-state index contributed by atoms with van der Waals surface area (Å²) in [6, 6.07) is 14.4. The Bertz CT molecular complexity index is 1490. The number of aryl methyl sites for hydroxylation is 1. The number of phenols is 1. The zero-order valence-electron chi connectivity index (χ0n) is 17.9. The molecule has 5 rings (SSSR count). The molecule has 33 heavy (non-hydrogen) atoms. The Balaban J connectivity index is 1.62. The lowest BCUT2D eigenvalue weighted by Gasteiger charge is -2.16. The van der Waals surface area contributed by atoms with Crippen LogP contribution >= 0.6 is 0 Å². The first-order chi connectivity index (χ1) is 15.8. The van der Waals surface area contributed by atoms with E-state index in [0.29, 0.717) is 24.8 Å². The van der Waals surface area contributed by atoms with Gasteiger partial charge in [0.25, 0.3) is 10.0 Å². The number of aromatic hydroxyl groups is 1. The fourth-order valence-corrected chi connectivity index (χ4v) is 5.49. The van der Waals surface area contributed by atoms with E-state index in [-0.39, 0.29) is 27.7 Å². The van der Waals surface area contributed by atoms with Crippen molar-refractivity contribution in [1.29, 1.82) is 0 Å². The van der Waals surface area contributed by atoms with Crippen molar-refractivity contribution in [2.24, 2.45) is 4.99 Å². The minimum absolute atomic E-state index is 0.148. The van der Waals surface area contributed by atoms with Gasteiger partial charge in [0.05, 0.1) is 4.90 Å². The lowest BCUT2D eigenvalue weighted by molar-refractivity contribution is 0.481. The van der Waals surface area contributed by atoms with Gasteiger partial charge in [-0.25, -0.2) is 16.8 Å². The molecule has 8 heteroatoms. The number of aliphatic imine (C=N–C) groups is 1. The highest BCUT2D eigenvalue weighted by molar-refractivity contribution is 7.90. The third-order valence-electron chi connectivity index (χ3n) is 5.83. The van der Waals surface area contributed by atoms with Crippen molar-refractivity contribution < 1.29 is 17.9 Å². The summed E-state index contributed by atoms with van der Waals surface area (Å²) in [7, 11) is -3.93. The Morgan fingerprint density at radius 2 is 1.88 bits per heavy atom. The van der Waals surface area contributed by atoms with Crippen molar-refractivity contribution in [3.8, 4) is 5.75 Å². The molecule has 2 N–H and O–H groups in total. The van der Waals surface area contributed by atoms with Crippen LogP contribution in [0, 0.1) is 12.7 Å². The molecule has 0 unspecified atom stereocenters. The normalized spacial score (nSPS) is 13.5. The second-order valence-electron chi connectivity index (χ2n) is 8.10. The number of benzene rings is 3. The van der Waals surface area contributed by atoms with E-state index in [9.17, 15) is 17.9 Å². The summed E-state index contributed by atoms with van der Waals surface area (Å²) in [5, 5.41) is 15.1. The maximum Gasteiger partial charge on any atom is 0.268 e. The van der Waals surface area contributed by atoms with Gasteiger partial charge in [0.1, 0.15) is 17.0 Å². The molecule has 0 amide bonds. The van der Waals surface area contributed by atoms with Crippen molar-refractivity contribution in [2.75, 3.05) is 11.9 Å². The van der Waals surface area contributed by atoms with Crippen molar-refractivity contribution in [3.63, 3.8) is 0 Å². The molecule has 3 aromatic carbocycles. The monoisotopic (exact) mass is 463 g/mol. The van der Waals surface area contributed by atoms with Crippen molar-refractivity contribution in [1.82, 2.24) is 3.97 Å². The second kappa shape index (κ2) is 8.04. The van der Waals surface area contributed by atoms with E-state index < -0.39 is 10.0 Å². The molecule has 0 aliphatic carbocycles. The summed E-state index contributed by atoms with van der Waals surface area (Å²) in [6.07, 6.45) is 4.29. The number of nitrogens with one attached hydrogen (secondary N) is 1. The number of phenolic OH excluding ortho intramolecular Hbond substituents is 1. The maximum atomic E-state index is 13.5. The molecule has 1 aliphatic rings. The number of aromatic nitrogens is 1. The van der Waals surface area contributed by atoms with Crippen LogP contribution in [0.25, 0.3) is 10.9 Å². The van der Waals surface area contributed by atoms with Gasteiger partial charge in [0.2, 0.25) is 0 Å². The van der Waals surface area contributed by atoms with Crippen molar-refractivity contribution >= 4 is 38.5 Å². The van der Waals surface area contributed by atoms with Gasteiger partial charge in [0, 0.05) is 36.5 Å². The van der Waals surface area contributed by atoms with Crippen LogP contribution < -0.4 is 5.32 Å². The van der Waals surface area contributed by atoms with E-state index in [4.69, 9.17) is 0 Å². The van der Waals surface area contributed by atoms with Gasteiger partial charge in [-0.15, -0.1) is 0 Å². The molecular formula is C25H22FN3O3S. The lowest BCUT2D eigenvalue weighted by Crippen LogP contribution is -2.12. The van der Waals surface area contributed by atoms with Crippen molar-refractivity contribution in [2.45, 2.75) is 24.7 Å². The van der Waals surface area contributed by atoms with Gasteiger partial charge >= 0.3 is 0 Å². The number of nitrogens with zero attached hydrogens (tertiary/aromatic N) is 2. The zero-order chi connectivity index (χ0) is 23.2. The minimum atomic E-state index is -3.93. The first-order valence-electron chi connectivity index (χ1n) is 10.6. The van der Waals surface area contributed by atoms with Crippen LogP contribution in [-0.4, -0.2) is 30.3 Å². The van der Waals surface area contributed by atoms with E-state index in [2.05, 4.69) is 10.3 Å². The van der Waals surface area contributed by atoms with Crippen LogP contribution in [0.2, 0.25) is 0 Å². The molecule has 0 atom stereocenters. The fourth-order valence-electron chi connectivity index (χ4n) is 4.10. The summed E-state index contributed by atoms with van der Waals surface area (Å²) >= 11 is 0. The first kappa shape index (κ1) is 21.2. The highest BCUT2D eigenvalue weighted by Crippen LogP contribution is 2.44. The van der Waals surface area contributed by atoms with E-state index in [1.165, 1.54) is 12.1 Å². The predicted molar refractivity (Wildman–Crippen MR) is 128 cm³/mol. The Morgan fingerprint density at radius 1 is 1.15 bits per heavy atom. The molecule has 168 valence electrons. The van der Waals surface area contributed by atoms with Crippen LogP contribution in [0.5, 0.6) is 5.75 Å². The molecule has 0 saturated heterocycles. The zero-order valence-corrected chi connectivity index (χ0v) is 18.7. The Hall–Kier alpha value is -3.65. The summed E-state index contributed by atoms with van der Waals surface area (Å²) in [4.78, 5) is 4.55. The van der Waals surface area contributed by atoms with E-state index in [0.717, 1.165) is 26.4 Å². The number of hydrogen-bond acceptors (Lipinski definition) is 5. The van der Waals surface area contributed by atoms with Crippen LogP contribution in [0.15, 0.2) is 70.7 Å². The molecule has 0 fully saturated rings. The van der Waals surface area contributed by atoms with Gasteiger partial charge < -0.3 is 10.4 Å². The van der Waals surface area contributed by atoms with Gasteiger partial charge in [0.15, 0.2) is 5.75 Å². The van der Waals surface area contributed by atoms with Gasteiger partial charge in [-0.05, 0) is 54.8 Å². The van der Waals surface area contributed by atoms with Crippen LogP contribution in [0.3, 0.4) is 0 Å². The largest absolute Gasteiger partial charge is 0.504 e. The molecule has 0 radical (unpaired) electrons. The van der Waals surface area contributed by atoms with E-state index in [1.807, 2.05) is 6.92 Å². The second-order valence-corrected chi connectivity index (χ2v) is 9.92. The summed E-state index contributed by atoms with van der Waals surface area (Å²) < 4.78 is 41.2. The first-order valence-corrected chi connectivity index (χ1v) is 12.0. The molecule has 4 aromatic rings. The van der Waals surface area contributed by atoms with E-state index >= 15 is 0 Å². The third kappa shape index (κ3) is 3.76. The standard InChI is InChI=1S/C25H22FN3O3S/c1-16-2-8-20(9-3-16)33(31,32)29-15-18-11-13-27-21-14-22(25(30)24(29)23(18)21)28-12-10-17-4-6-19(26)7-5-17/h2-9,12,14-15,27,30H,10-11,13H2,1H3. The number of anilines is 1. The van der Waals surface area contributed by atoms with Crippen LogP contribution in [0.1, 0.15) is 16.7 Å². The number of rotatable bonds is 5. The van der Waals surface area contributed by atoms with Crippen LogP contribution in [-0.2, 0) is 22.9 Å². The van der Waals surface area contributed by atoms with E-state index in [1.54, 1.807) is 54.9 Å². The quantitative estimate of drug-likeness (QED) is 0.324. The molecule has 1 aliphatic heterocycles. The average molecular weight is 464 g/mol. The summed E-state index contributed by atoms with van der Waals surface area (Å²) in [5.41, 5.74) is 3.88. The third-order valence-corrected chi connectivity index (χ3v) is 7.50. The number of hydrogen-bond donors (Lipinski definition) is 2. The molecular weight excluding hydrogens is 441 g/mol. The van der Waals surface area contributed by atoms with Gasteiger partial charge in [-0.3, -0.25) is 4.99 Å². The van der Waals surface area contributed by atoms with Crippen LogP contribution in [0.4, 0.5) is 15.8 Å². The van der Waals surface area contributed by atoms with Gasteiger partial charge in [-0.2, -0.15) is 0 Å². The molecule has 0 spiro atoms. The Kier molecular flexibility index (Phi) is 5.17.